The number of thiazole rings is 1. The third-order valence-corrected chi connectivity index (χ3v) is 7.77. The molecule has 6 nitrogen and oxygen atoms in total. The summed E-state index contributed by atoms with van der Waals surface area (Å²) in [6.07, 6.45) is -0.405. The number of unbranched alkanes of at least 4 members (excludes halogenated alkanes) is 2. The van der Waals surface area contributed by atoms with Crippen LogP contribution in [0.25, 0.3) is 0 Å². The Kier molecular flexibility index (Phi) is 9.32. The summed E-state index contributed by atoms with van der Waals surface area (Å²) in [5.41, 5.74) is -0.224. The van der Waals surface area contributed by atoms with E-state index in [9.17, 15) is 27.2 Å². The van der Waals surface area contributed by atoms with Gasteiger partial charge in [-0.1, -0.05) is 44.0 Å². The van der Waals surface area contributed by atoms with Gasteiger partial charge in [-0.3, -0.25) is 9.59 Å². The standard InChI is InChI=1S/C28H30F4N4O2S/c1-2-3-4-9-24-34-27(28(30,31)32)26(39-24)22(37)16-19-10-11-23(33-18-19)35-12-14-36(15-13-35)25(38)17-20-7-5-6-8-21(20)29/h5-8,10-11,18H,2-4,9,12-17H2,1H3. The number of benzene rings is 1. The van der Waals surface area contributed by atoms with Gasteiger partial charge in [0, 0.05) is 38.8 Å². The van der Waals surface area contributed by atoms with Crippen molar-refractivity contribution in [1.82, 2.24) is 14.9 Å². The average molecular weight is 563 g/mol. The number of nitrogens with zero attached hydrogens (tertiary/aromatic N) is 4. The number of hydrogen-bond donors (Lipinski definition) is 0. The molecule has 0 saturated carbocycles. The molecule has 1 amide bonds. The summed E-state index contributed by atoms with van der Waals surface area (Å²) in [4.78, 5) is 36.9. The van der Waals surface area contributed by atoms with E-state index >= 15 is 0 Å². The first-order chi connectivity index (χ1) is 18.7. The predicted molar refractivity (Wildman–Crippen MR) is 142 cm³/mol. The van der Waals surface area contributed by atoms with Crippen molar-refractivity contribution in [3.63, 3.8) is 0 Å². The van der Waals surface area contributed by atoms with Crippen molar-refractivity contribution in [2.24, 2.45) is 0 Å². The van der Waals surface area contributed by atoms with Crippen LogP contribution in [0.1, 0.15) is 57.7 Å². The minimum Gasteiger partial charge on any atom is -0.353 e. The van der Waals surface area contributed by atoms with E-state index in [0.29, 0.717) is 54.6 Å². The molecule has 3 heterocycles. The minimum absolute atomic E-state index is 0.00367. The molecule has 0 bridgehead atoms. The van der Waals surface area contributed by atoms with Gasteiger partial charge in [0.05, 0.1) is 11.4 Å². The highest BCUT2D eigenvalue weighted by atomic mass is 32.1. The molecule has 208 valence electrons. The summed E-state index contributed by atoms with van der Waals surface area (Å²) in [7, 11) is 0. The number of rotatable bonds is 10. The monoisotopic (exact) mass is 562 g/mol. The third-order valence-electron chi connectivity index (χ3n) is 6.62. The maximum atomic E-state index is 13.9. The Morgan fingerprint density at radius 2 is 1.74 bits per heavy atom. The van der Waals surface area contributed by atoms with Crippen LogP contribution in [0.4, 0.5) is 23.4 Å². The summed E-state index contributed by atoms with van der Waals surface area (Å²) >= 11 is 0.831. The second kappa shape index (κ2) is 12.7. The zero-order chi connectivity index (χ0) is 28.0. The number of piperazine rings is 1. The number of halogens is 4. The van der Waals surface area contributed by atoms with E-state index < -0.39 is 23.5 Å². The van der Waals surface area contributed by atoms with E-state index in [4.69, 9.17) is 0 Å². The lowest BCUT2D eigenvalue weighted by molar-refractivity contribution is -0.141. The first-order valence-corrected chi connectivity index (χ1v) is 13.8. The molecular formula is C28H30F4N4O2S. The molecule has 0 spiro atoms. The Bertz CT molecular complexity index is 1290. The first-order valence-electron chi connectivity index (χ1n) is 13.0. The fourth-order valence-electron chi connectivity index (χ4n) is 4.45. The zero-order valence-corrected chi connectivity index (χ0v) is 22.5. The van der Waals surface area contributed by atoms with Crippen molar-refractivity contribution >= 4 is 28.8 Å². The van der Waals surface area contributed by atoms with Gasteiger partial charge in [-0.25, -0.2) is 14.4 Å². The van der Waals surface area contributed by atoms with Gasteiger partial charge in [0.25, 0.3) is 0 Å². The predicted octanol–water partition coefficient (Wildman–Crippen LogP) is 5.75. The highest BCUT2D eigenvalue weighted by Gasteiger charge is 2.39. The van der Waals surface area contributed by atoms with Crippen molar-refractivity contribution in [3.05, 3.63) is 75.1 Å². The molecule has 0 N–H and O–H groups in total. The third kappa shape index (κ3) is 7.40. The Labute approximate surface area is 228 Å². The minimum atomic E-state index is -4.69. The number of hydrogen-bond acceptors (Lipinski definition) is 6. The maximum Gasteiger partial charge on any atom is 0.434 e. The van der Waals surface area contributed by atoms with Crippen molar-refractivity contribution in [2.75, 3.05) is 31.1 Å². The second-order valence-electron chi connectivity index (χ2n) is 9.50. The SMILES string of the molecule is CCCCCc1nc(C(F)(F)F)c(C(=O)Cc2ccc(N3CCN(C(=O)Cc4ccccc4F)CC3)nc2)s1. The normalized spacial score (nSPS) is 14.1. The van der Waals surface area contributed by atoms with Gasteiger partial charge in [0.1, 0.15) is 16.5 Å². The van der Waals surface area contributed by atoms with Crippen LogP contribution in [0.3, 0.4) is 0 Å². The molecule has 0 unspecified atom stereocenters. The number of carbonyl (C=O) groups excluding carboxylic acids is 2. The zero-order valence-electron chi connectivity index (χ0n) is 21.6. The molecule has 0 aliphatic carbocycles. The lowest BCUT2D eigenvalue weighted by atomic mass is 10.1. The molecule has 1 saturated heterocycles. The number of alkyl halides is 3. The molecule has 11 heteroatoms. The number of pyridine rings is 1. The van der Waals surface area contributed by atoms with Crippen LogP contribution in [-0.2, 0) is 30.2 Å². The Balaban J connectivity index is 1.34. The van der Waals surface area contributed by atoms with Crippen LogP contribution in [0.5, 0.6) is 0 Å². The van der Waals surface area contributed by atoms with Crippen molar-refractivity contribution in [3.8, 4) is 0 Å². The van der Waals surface area contributed by atoms with E-state index in [0.717, 1.165) is 30.6 Å². The lowest BCUT2D eigenvalue weighted by Gasteiger charge is -2.35. The van der Waals surface area contributed by atoms with E-state index in [1.807, 2.05) is 11.8 Å². The van der Waals surface area contributed by atoms with Crippen molar-refractivity contribution in [1.29, 1.82) is 0 Å². The largest absolute Gasteiger partial charge is 0.434 e. The quantitative estimate of drug-likeness (QED) is 0.179. The van der Waals surface area contributed by atoms with Gasteiger partial charge in [-0.2, -0.15) is 13.2 Å². The summed E-state index contributed by atoms with van der Waals surface area (Å²) in [6, 6.07) is 9.64. The summed E-state index contributed by atoms with van der Waals surface area (Å²) in [5, 5.41) is 0.333. The van der Waals surface area contributed by atoms with Crippen molar-refractivity contribution in [2.45, 2.75) is 51.6 Å². The number of anilines is 1. The van der Waals surface area contributed by atoms with E-state index in [-0.39, 0.29) is 23.6 Å². The number of ketones is 1. The highest BCUT2D eigenvalue weighted by molar-refractivity contribution is 7.13. The van der Waals surface area contributed by atoms with E-state index in [1.165, 1.54) is 12.3 Å². The van der Waals surface area contributed by atoms with Gasteiger partial charge in [-0.05, 0) is 36.1 Å². The van der Waals surface area contributed by atoms with Crippen molar-refractivity contribution < 1.29 is 27.2 Å². The molecule has 39 heavy (non-hydrogen) atoms. The topological polar surface area (TPSA) is 66.4 Å². The number of carbonyl (C=O) groups is 2. The Morgan fingerprint density at radius 3 is 2.38 bits per heavy atom. The van der Waals surface area contributed by atoms with Crippen LogP contribution >= 0.6 is 11.3 Å². The molecule has 3 aromatic rings. The molecule has 0 atom stereocenters. The Hall–Kier alpha value is -3.34. The fourth-order valence-corrected chi connectivity index (χ4v) is 5.52. The molecule has 2 aromatic heterocycles. The Morgan fingerprint density at radius 1 is 1.00 bits per heavy atom. The van der Waals surface area contributed by atoms with Gasteiger partial charge in [0.2, 0.25) is 5.91 Å². The highest BCUT2D eigenvalue weighted by Crippen LogP contribution is 2.35. The molecular weight excluding hydrogens is 532 g/mol. The van der Waals surface area contributed by atoms with E-state index in [1.54, 1.807) is 35.2 Å². The van der Waals surface area contributed by atoms with Gasteiger partial charge in [0.15, 0.2) is 11.5 Å². The molecule has 1 aliphatic rings. The summed E-state index contributed by atoms with van der Waals surface area (Å²) in [6.45, 7) is 3.99. The smallest absolute Gasteiger partial charge is 0.353 e. The van der Waals surface area contributed by atoms with Crippen LogP contribution in [-0.4, -0.2) is 52.7 Å². The first kappa shape index (κ1) is 28.7. The van der Waals surface area contributed by atoms with Gasteiger partial charge in [-0.15, -0.1) is 11.3 Å². The maximum absolute atomic E-state index is 13.9. The fraction of sp³-hybridized carbons (Fsp3) is 0.429. The summed E-state index contributed by atoms with van der Waals surface area (Å²) < 4.78 is 54.5. The molecule has 0 radical (unpaired) electrons. The van der Waals surface area contributed by atoms with Crippen LogP contribution < -0.4 is 4.90 Å². The number of amides is 1. The average Bonchev–Trinajstić information content (AvgIpc) is 3.36. The lowest BCUT2D eigenvalue weighted by Crippen LogP contribution is -2.49. The molecule has 1 aromatic carbocycles. The second-order valence-corrected chi connectivity index (χ2v) is 10.6. The van der Waals surface area contributed by atoms with Gasteiger partial charge >= 0.3 is 6.18 Å². The van der Waals surface area contributed by atoms with E-state index in [2.05, 4.69) is 9.97 Å². The van der Waals surface area contributed by atoms with Crippen LogP contribution in [0.2, 0.25) is 0 Å². The number of aromatic nitrogens is 2. The van der Waals surface area contributed by atoms with Crippen LogP contribution in [0.15, 0.2) is 42.6 Å². The molecule has 4 rings (SSSR count). The summed E-state index contributed by atoms with van der Waals surface area (Å²) in [5.74, 6) is -0.515. The number of Topliss-reactive ketones (excluding diaryl/α,β-unsaturated/α-hetero) is 1. The molecule has 1 aliphatic heterocycles. The molecule has 1 fully saturated rings. The number of aryl methyl sites for hydroxylation is 1. The van der Waals surface area contributed by atoms with Gasteiger partial charge < -0.3 is 9.80 Å². The van der Waals surface area contributed by atoms with Crippen LogP contribution in [0, 0.1) is 5.82 Å².